The zero-order valence-corrected chi connectivity index (χ0v) is 17.4. The van der Waals surface area contributed by atoms with E-state index in [-0.39, 0.29) is 11.9 Å². The average molecular weight is 472 g/mol. The van der Waals surface area contributed by atoms with E-state index in [2.05, 4.69) is 28.7 Å². The molecule has 2 aliphatic rings. The van der Waals surface area contributed by atoms with Crippen molar-refractivity contribution in [3.8, 4) is 5.75 Å². The number of hydrogen-bond donors (Lipinski definition) is 0. The lowest BCUT2D eigenvalue weighted by atomic mass is 9.83. The molecule has 1 saturated heterocycles. The monoisotopic (exact) mass is 472 g/mol. The molecule has 26 heavy (non-hydrogen) atoms. The Hall–Kier alpha value is -1.12. The van der Waals surface area contributed by atoms with E-state index in [1.807, 2.05) is 18.2 Å². The number of esters is 1. The van der Waals surface area contributed by atoms with Gasteiger partial charge in [-0.2, -0.15) is 0 Å². The van der Waals surface area contributed by atoms with E-state index in [1.165, 1.54) is 16.2 Å². The molecule has 1 spiro atoms. The van der Waals surface area contributed by atoms with E-state index in [1.54, 1.807) is 7.11 Å². The lowest BCUT2D eigenvalue weighted by Gasteiger charge is -2.32. The first-order valence-corrected chi connectivity index (χ1v) is 10.0. The number of benzene rings is 1. The second-order valence-corrected chi connectivity index (χ2v) is 7.82. The summed E-state index contributed by atoms with van der Waals surface area (Å²) in [5.41, 5.74) is 2.33. The number of carbonyl (C=O) groups excluding carboxylic acids is 1. The van der Waals surface area contributed by atoms with Crippen LogP contribution in [0, 0.1) is 9.49 Å². The summed E-state index contributed by atoms with van der Waals surface area (Å²) < 4.78 is 23.1. The molecular weight excluding hydrogens is 447 g/mol. The number of rotatable bonds is 6. The van der Waals surface area contributed by atoms with Crippen LogP contribution in [0.3, 0.4) is 0 Å². The van der Waals surface area contributed by atoms with Crippen molar-refractivity contribution in [2.75, 3.05) is 27.4 Å². The van der Waals surface area contributed by atoms with Crippen LogP contribution >= 0.6 is 22.6 Å². The SMILES string of the molecule is COC(=O)C(CCc1cc(OC)ccc1I)C1=CCC2(CC1)OCCO2. The maximum Gasteiger partial charge on any atom is 0.312 e. The van der Waals surface area contributed by atoms with Crippen LogP contribution in [0.25, 0.3) is 0 Å². The van der Waals surface area contributed by atoms with Gasteiger partial charge in [0.1, 0.15) is 5.75 Å². The third kappa shape index (κ3) is 4.40. The van der Waals surface area contributed by atoms with Crippen molar-refractivity contribution in [2.45, 2.75) is 37.9 Å². The highest BCUT2D eigenvalue weighted by Gasteiger charge is 2.39. The summed E-state index contributed by atoms with van der Waals surface area (Å²) in [4.78, 5) is 12.4. The van der Waals surface area contributed by atoms with Gasteiger partial charge >= 0.3 is 5.97 Å². The summed E-state index contributed by atoms with van der Waals surface area (Å²) in [5.74, 6) is -0.0182. The Morgan fingerprint density at radius 1 is 1.31 bits per heavy atom. The van der Waals surface area contributed by atoms with Crippen molar-refractivity contribution >= 4 is 28.6 Å². The highest BCUT2D eigenvalue weighted by molar-refractivity contribution is 14.1. The summed E-state index contributed by atoms with van der Waals surface area (Å²) in [6, 6.07) is 6.04. The van der Waals surface area contributed by atoms with Crippen molar-refractivity contribution in [3.05, 3.63) is 39.0 Å². The maximum atomic E-state index is 12.4. The molecule has 0 amide bonds. The number of ether oxygens (including phenoxy) is 4. The van der Waals surface area contributed by atoms with Gasteiger partial charge in [0.05, 0.1) is 33.4 Å². The van der Waals surface area contributed by atoms with E-state index < -0.39 is 5.79 Å². The van der Waals surface area contributed by atoms with E-state index in [0.717, 1.165) is 37.0 Å². The minimum atomic E-state index is -0.466. The van der Waals surface area contributed by atoms with Gasteiger partial charge in [0.25, 0.3) is 0 Å². The van der Waals surface area contributed by atoms with Crippen molar-refractivity contribution in [1.29, 1.82) is 0 Å². The Morgan fingerprint density at radius 3 is 2.69 bits per heavy atom. The minimum absolute atomic E-state index is 0.168. The number of halogens is 1. The predicted molar refractivity (Wildman–Crippen MR) is 106 cm³/mol. The molecule has 0 N–H and O–H groups in total. The molecule has 1 aliphatic carbocycles. The molecule has 3 rings (SSSR count). The molecule has 1 fully saturated rings. The molecule has 0 radical (unpaired) electrons. The summed E-state index contributed by atoms with van der Waals surface area (Å²) in [6.07, 6.45) is 5.93. The van der Waals surface area contributed by atoms with E-state index >= 15 is 0 Å². The zero-order chi connectivity index (χ0) is 18.6. The topological polar surface area (TPSA) is 54.0 Å². The van der Waals surface area contributed by atoms with Gasteiger partial charge in [-0.3, -0.25) is 4.79 Å². The zero-order valence-electron chi connectivity index (χ0n) is 15.3. The van der Waals surface area contributed by atoms with Gasteiger partial charge in [-0.25, -0.2) is 0 Å². The Balaban J connectivity index is 1.71. The van der Waals surface area contributed by atoms with Crippen LogP contribution in [-0.2, 0) is 25.4 Å². The largest absolute Gasteiger partial charge is 0.497 e. The van der Waals surface area contributed by atoms with Gasteiger partial charge in [0.15, 0.2) is 5.79 Å². The van der Waals surface area contributed by atoms with E-state index in [9.17, 15) is 4.79 Å². The smallest absolute Gasteiger partial charge is 0.312 e. The normalized spacial score (nSPS) is 19.9. The van der Waals surface area contributed by atoms with Crippen LogP contribution in [0.5, 0.6) is 5.75 Å². The summed E-state index contributed by atoms with van der Waals surface area (Å²) in [7, 11) is 3.12. The minimum Gasteiger partial charge on any atom is -0.497 e. The molecule has 1 aliphatic heterocycles. The van der Waals surface area contributed by atoms with Crippen LogP contribution in [0.4, 0.5) is 0 Å². The second kappa shape index (κ2) is 8.71. The fraction of sp³-hybridized carbons (Fsp3) is 0.550. The fourth-order valence-electron chi connectivity index (χ4n) is 3.67. The highest BCUT2D eigenvalue weighted by Crippen LogP contribution is 2.38. The Bertz CT molecular complexity index is 679. The molecule has 1 unspecified atom stereocenters. The van der Waals surface area contributed by atoms with E-state index in [0.29, 0.717) is 19.6 Å². The fourth-order valence-corrected chi connectivity index (χ4v) is 4.27. The highest BCUT2D eigenvalue weighted by atomic mass is 127. The lowest BCUT2D eigenvalue weighted by Crippen LogP contribution is -2.33. The van der Waals surface area contributed by atoms with Crippen molar-refractivity contribution in [3.63, 3.8) is 0 Å². The Labute approximate surface area is 168 Å². The lowest BCUT2D eigenvalue weighted by molar-refractivity contribution is -0.163. The quantitative estimate of drug-likeness (QED) is 0.358. The first-order chi connectivity index (χ1) is 12.6. The number of aryl methyl sites for hydroxylation is 1. The van der Waals surface area contributed by atoms with Crippen LogP contribution in [0.1, 0.15) is 31.2 Å². The van der Waals surface area contributed by atoms with Gasteiger partial charge < -0.3 is 18.9 Å². The molecule has 1 aromatic carbocycles. The molecule has 1 heterocycles. The second-order valence-electron chi connectivity index (χ2n) is 6.66. The van der Waals surface area contributed by atoms with Gasteiger partial charge in [-0.05, 0) is 65.6 Å². The molecule has 5 nitrogen and oxygen atoms in total. The third-order valence-corrected chi connectivity index (χ3v) is 6.22. The summed E-state index contributed by atoms with van der Waals surface area (Å²) >= 11 is 2.32. The van der Waals surface area contributed by atoms with Crippen LogP contribution in [0.2, 0.25) is 0 Å². The van der Waals surface area contributed by atoms with Gasteiger partial charge in [0.2, 0.25) is 0 Å². The van der Waals surface area contributed by atoms with Crippen molar-refractivity contribution in [2.24, 2.45) is 5.92 Å². The van der Waals surface area contributed by atoms with Crippen LogP contribution < -0.4 is 4.74 Å². The molecule has 1 aromatic rings. The first kappa shape index (κ1) is 19.6. The maximum absolute atomic E-state index is 12.4. The van der Waals surface area contributed by atoms with Crippen molar-refractivity contribution < 1.29 is 23.7 Å². The van der Waals surface area contributed by atoms with Gasteiger partial charge in [-0.1, -0.05) is 11.6 Å². The molecule has 0 aromatic heterocycles. The summed E-state index contributed by atoms with van der Waals surface area (Å²) in [5, 5.41) is 0. The van der Waals surface area contributed by atoms with Gasteiger partial charge in [0, 0.05) is 16.4 Å². The van der Waals surface area contributed by atoms with Gasteiger partial charge in [-0.15, -0.1) is 0 Å². The molecule has 142 valence electrons. The number of carbonyl (C=O) groups is 1. The summed E-state index contributed by atoms with van der Waals surface area (Å²) in [6.45, 7) is 1.30. The Kier molecular flexibility index (Phi) is 6.58. The standard InChI is InChI=1S/C20H25IO5/c1-23-16-4-6-18(21)15(13-16)3-5-17(19(22)24-2)14-7-9-20(10-8-14)25-11-12-26-20/h4,6-7,13,17H,3,5,8-12H2,1-2H3. The molecule has 1 atom stereocenters. The number of methoxy groups -OCH3 is 2. The molecular formula is C20H25IO5. The van der Waals surface area contributed by atoms with Crippen LogP contribution in [0.15, 0.2) is 29.8 Å². The first-order valence-electron chi connectivity index (χ1n) is 8.94. The number of hydrogen-bond acceptors (Lipinski definition) is 5. The predicted octanol–water partition coefficient (Wildman–Crippen LogP) is 3.88. The molecule has 0 saturated carbocycles. The van der Waals surface area contributed by atoms with Crippen LogP contribution in [-0.4, -0.2) is 39.2 Å². The molecule has 0 bridgehead atoms. The van der Waals surface area contributed by atoms with Crippen molar-refractivity contribution in [1.82, 2.24) is 0 Å². The third-order valence-electron chi connectivity index (χ3n) is 5.17. The average Bonchev–Trinajstić information content (AvgIpc) is 3.12. The Morgan fingerprint density at radius 2 is 2.08 bits per heavy atom. The van der Waals surface area contributed by atoms with E-state index in [4.69, 9.17) is 18.9 Å². The molecule has 6 heteroatoms.